The molecule has 2 aromatic carbocycles. The lowest BCUT2D eigenvalue weighted by molar-refractivity contribution is -0.133. The molecule has 0 unspecified atom stereocenters. The molecule has 0 saturated carbocycles. The third-order valence-corrected chi connectivity index (χ3v) is 5.41. The van der Waals surface area contributed by atoms with E-state index in [1.54, 1.807) is 11.8 Å². The summed E-state index contributed by atoms with van der Waals surface area (Å²) in [5.74, 6) is 1.27. The van der Waals surface area contributed by atoms with Gasteiger partial charge in [-0.3, -0.25) is 9.59 Å². The summed E-state index contributed by atoms with van der Waals surface area (Å²) in [4.78, 5) is 30.9. The van der Waals surface area contributed by atoms with Crippen molar-refractivity contribution in [2.45, 2.75) is 32.1 Å². The van der Waals surface area contributed by atoms with Crippen molar-refractivity contribution in [1.29, 1.82) is 0 Å². The second-order valence-electron chi connectivity index (χ2n) is 7.43. The number of nitrogens with one attached hydrogen (secondary N) is 1. The fourth-order valence-electron chi connectivity index (χ4n) is 3.82. The fourth-order valence-corrected chi connectivity index (χ4v) is 3.82. The van der Waals surface area contributed by atoms with Crippen molar-refractivity contribution < 1.29 is 14.1 Å². The van der Waals surface area contributed by atoms with Gasteiger partial charge in [0, 0.05) is 19.0 Å². The lowest BCUT2D eigenvalue weighted by Crippen LogP contribution is -2.44. The van der Waals surface area contributed by atoms with Crippen molar-refractivity contribution in [3.8, 4) is 0 Å². The van der Waals surface area contributed by atoms with Crippen molar-refractivity contribution >= 4 is 22.6 Å². The van der Waals surface area contributed by atoms with Gasteiger partial charge in [0.05, 0.1) is 13.0 Å². The number of likely N-dealkylation sites (tertiary alicyclic amines) is 1. The monoisotopic (exact) mass is 392 g/mol. The highest BCUT2D eigenvalue weighted by molar-refractivity contribution is 5.91. The lowest BCUT2D eigenvalue weighted by atomic mass is 9.97. The maximum Gasteiger partial charge on any atom is 0.241 e. The van der Waals surface area contributed by atoms with Gasteiger partial charge in [-0.15, -0.1) is 0 Å². The molecule has 1 saturated heterocycles. The Kier molecular flexibility index (Phi) is 5.55. The SMILES string of the molecule is Cc1noc(C2CCN(C(=O)CNC(=O)Cc3cccc4ccccc34)CC2)n1. The fraction of sp³-hybridized carbons (Fsp3) is 0.364. The molecule has 0 spiro atoms. The molecule has 2 heterocycles. The zero-order valence-electron chi connectivity index (χ0n) is 16.4. The number of fused-ring (bicyclic) bond motifs is 1. The maximum atomic E-state index is 12.5. The topological polar surface area (TPSA) is 88.3 Å². The zero-order chi connectivity index (χ0) is 20.2. The first kappa shape index (κ1) is 19.1. The van der Waals surface area contributed by atoms with Crippen LogP contribution in [0.4, 0.5) is 0 Å². The predicted molar refractivity (Wildman–Crippen MR) is 108 cm³/mol. The first-order valence-electron chi connectivity index (χ1n) is 9.91. The molecular weight excluding hydrogens is 368 g/mol. The molecule has 3 aromatic rings. The molecule has 7 nitrogen and oxygen atoms in total. The second-order valence-corrected chi connectivity index (χ2v) is 7.43. The molecule has 1 aliphatic rings. The average molecular weight is 392 g/mol. The van der Waals surface area contributed by atoms with E-state index >= 15 is 0 Å². The maximum absolute atomic E-state index is 12.5. The van der Waals surface area contributed by atoms with E-state index in [4.69, 9.17) is 4.52 Å². The molecule has 0 radical (unpaired) electrons. The number of aryl methyl sites for hydroxylation is 1. The van der Waals surface area contributed by atoms with Crippen LogP contribution in [0.2, 0.25) is 0 Å². The third kappa shape index (κ3) is 4.45. The molecule has 7 heteroatoms. The van der Waals surface area contributed by atoms with Crippen LogP contribution in [0.1, 0.15) is 36.0 Å². The van der Waals surface area contributed by atoms with Crippen LogP contribution in [0, 0.1) is 6.92 Å². The molecule has 150 valence electrons. The number of hydrogen-bond donors (Lipinski definition) is 1. The zero-order valence-corrected chi connectivity index (χ0v) is 16.4. The third-order valence-electron chi connectivity index (χ3n) is 5.41. The number of hydrogen-bond acceptors (Lipinski definition) is 5. The van der Waals surface area contributed by atoms with E-state index in [0.717, 1.165) is 29.2 Å². The normalized spacial score (nSPS) is 14.9. The number of carbonyl (C=O) groups is 2. The number of aromatic nitrogens is 2. The summed E-state index contributed by atoms with van der Waals surface area (Å²) >= 11 is 0. The summed E-state index contributed by atoms with van der Waals surface area (Å²) in [7, 11) is 0. The number of carbonyl (C=O) groups excluding carboxylic acids is 2. The van der Waals surface area contributed by atoms with Crippen molar-refractivity contribution in [1.82, 2.24) is 20.4 Å². The minimum atomic E-state index is -0.147. The molecular formula is C22H24N4O3. The Balaban J connectivity index is 1.27. The molecule has 2 amide bonds. The van der Waals surface area contributed by atoms with E-state index < -0.39 is 0 Å². The van der Waals surface area contributed by atoms with Gasteiger partial charge in [0.25, 0.3) is 0 Å². The minimum Gasteiger partial charge on any atom is -0.347 e. The second kappa shape index (κ2) is 8.43. The number of amides is 2. The Bertz CT molecular complexity index is 1020. The van der Waals surface area contributed by atoms with Gasteiger partial charge in [0.1, 0.15) is 0 Å². The van der Waals surface area contributed by atoms with Crippen LogP contribution in [0.25, 0.3) is 10.8 Å². The number of benzene rings is 2. The summed E-state index contributed by atoms with van der Waals surface area (Å²) in [6.07, 6.45) is 1.84. The van der Waals surface area contributed by atoms with Gasteiger partial charge in [-0.25, -0.2) is 0 Å². The van der Waals surface area contributed by atoms with E-state index in [1.807, 2.05) is 42.5 Å². The first-order chi connectivity index (χ1) is 14.1. The van der Waals surface area contributed by atoms with Gasteiger partial charge in [-0.1, -0.05) is 47.6 Å². The summed E-state index contributed by atoms with van der Waals surface area (Å²) in [5, 5.41) is 8.77. The van der Waals surface area contributed by atoms with Crippen LogP contribution < -0.4 is 5.32 Å². The van der Waals surface area contributed by atoms with Crippen LogP contribution in [-0.4, -0.2) is 46.5 Å². The quantitative estimate of drug-likeness (QED) is 0.721. The Hall–Kier alpha value is -3.22. The van der Waals surface area contributed by atoms with E-state index in [9.17, 15) is 9.59 Å². The average Bonchev–Trinajstić information content (AvgIpc) is 3.19. The molecule has 0 atom stereocenters. The highest BCUT2D eigenvalue weighted by Gasteiger charge is 2.27. The van der Waals surface area contributed by atoms with Gasteiger partial charge < -0.3 is 14.7 Å². The molecule has 4 rings (SSSR count). The van der Waals surface area contributed by atoms with E-state index in [2.05, 4.69) is 15.5 Å². The van der Waals surface area contributed by atoms with Crippen LogP contribution in [-0.2, 0) is 16.0 Å². The summed E-state index contributed by atoms with van der Waals surface area (Å²) in [5.41, 5.74) is 0.962. The molecule has 1 aliphatic heterocycles. The van der Waals surface area contributed by atoms with Crippen molar-refractivity contribution in [2.24, 2.45) is 0 Å². The van der Waals surface area contributed by atoms with Gasteiger partial charge in [0.15, 0.2) is 5.82 Å². The Morgan fingerprint density at radius 1 is 1.14 bits per heavy atom. The Morgan fingerprint density at radius 3 is 2.66 bits per heavy atom. The van der Waals surface area contributed by atoms with Crippen LogP contribution in [0.15, 0.2) is 47.0 Å². The summed E-state index contributed by atoms with van der Waals surface area (Å²) < 4.78 is 5.24. The number of nitrogens with zero attached hydrogens (tertiary/aromatic N) is 3. The van der Waals surface area contributed by atoms with E-state index in [-0.39, 0.29) is 30.7 Å². The van der Waals surface area contributed by atoms with Crippen LogP contribution in [0.5, 0.6) is 0 Å². The number of rotatable bonds is 5. The summed E-state index contributed by atoms with van der Waals surface area (Å²) in [6.45, 7) is 3.08. The molecule has 1 aromatic heterocycles. The van der Waals surface area contributed by atoms with Crippen molar-refractivity contribution in [2.75, 3.05) is 19.6 Å². The van der Waals surface area contributed by atoms with Crippen molar-refractivity contribution in [3.05, 3.63) is 59.7 Å². The largest absolute Gasteiger partial charge is 0.347 e. The Morgan fingerprint density at radius 2 is 1.90 bits per heavy atom. The highest BCUT2D eigenvalue weighted by atomic mass is 16.5. The molecule has 0 aliphatic carbocycles. The van der Waals surface area contributed by atoms with Crippen LogP contribution in [0.3, 0.4) is 0 Å². The molecule has 1 N–H and O–H groups in total. The van der Waals surface area contributed by atoms with Gasteiger partial charge in [0.2, 0.25) is 17.7 Å². The van der Waals surface area contributed by atoms with Gasteiger partial charge in [-0.05, 0) is 36.1 Å². The first-order valence-corrected chi connectivity index (χ1v) is 9.91. The lowest BCUT2D eigenvalue weighted by Gasteiger charge is -2.30. The predicted octanol–water partition coefficient (Wildman–Crippen LogP) is 2.60. The number of piperidine rings is 1. The van der Waals surface area contributed by atoms with Gasteiger partial charge >= 0.3 is 0 Å². The van der Waals surface area contributed by atoms with Crippen LogP contribution >= 0.6 is 0 Å². The molecule has 0 bridgehead atoms. The minimum absolute atomic E-state index is 0.0218. The Labute approximate surface area is 169 Å². The van der Waals surface area contributed by atoms with E-state index in [1.165, 1.54) is 0 Å². The standard InChI is InChI=1S/C22H24N4O3/c1-15-24-22(29-25-15)17-9-11-26(12-10-17)21(28)14-23-20(27)13-18-7-4-6-16-5-2-3-8-19(16)18/h2-8,17H,9-14H2,1H3,(H,23,27). The summed E-state index contributed by atoms with van der Waals surface area (Å²) in [6, 6.07) is 13.9. The molecule has 1 fully saturated rings. The van der Waals surface area contributed by atoms with Crippen molar-refractivity contribution in [3.63, 3.8) is 0 Å². The molecule has 29 heavy (non-hydrogen) atoms. The smallest absolute Gasteiger partial charge is 0.241 e. The van der Waals surface area contributed by atoms with Gasteiger partial charge in [-0.2, -0.15) is 4.98 Å². The highest BCUT2D eigenvalue weighted by Crippen LogP contribution is 2.26. The van der Waals surface area contributed by atoms with E-state index in [0.29, 0.717) is 24.8 Å².